The first-order valence-electron chi connectivity index (χ1n) is 6.54. The van der Waals surface area contributed by atoms with Gasteiger partial charge >= 0.3 is 0 Å². The Balaban J connectivity index is 1.81. The molecule has 1 aliphatic rings. The molecule has 0 radical (unpaired) electrons. The zero-order chi connectivity index (χ0) is 12.3. The summed E-state index contributed by atoms with van der Waals surface area (Å²) in [5, 5.41) is 3.64. The molecule has 1 fully saturated rings. The summed E-state index contributed by atoms with van der Waals surface area (Å²) in [4.78, 5) is 0. The van der Waals surface area contributed by atoms with E-state index in [-0.39, 0.29) is 0 Å². The number of furan rings is 1. The molecule has 1 aromatic heterocycles. The van der Waals surface area contributed by atoms with Crippen LogP contribution in [0.2, 0.25) is 0 Å². The molecule has 1 heterocycles. The van der Waals surface area contributed by atoms with Crippen molar-refractivity contribution in [2.24, 2.45) is 0 Å². The van der Waals surface area contributed by atoms with Crippen LogP contribution in [-0.4, -0.2) is 19.3 Å². The Hall–Kier alpha value is -0.800. The second-order valence-electron chi connectivity index (χ2n) is 5.05. The molecular weight excluding hydrogens is 214 g/mol. The van der Waals surface area contributed by atoms with Crippen LogP contribution in [0.15, 0.2) is 16.5 Å². The summed E-state index contributed by atoms with van der Waals surface area (Å²) in [7, 11) is 1.81. The number of ether oxygens (including phenoxy) is 1. The first kappa shape index (κ1) is 12.7. The van der Waals surface area contributed by atoms with Crippen molar-refractivity contribution in [2.75, 3.05) is 7.11 Å². The summed E-state index contributed by atoms with van der Waals surface area (Å²) in [6.07, 6.45) is 5.19. The third-order valence-corrected chi connectivity index (χ3v) is 3.68. The van der Waals surface area contributed by atoms with E-state index in [1.165, 1.54) is 12.8 Å². The standard InChI is InChI=1S/C14H23NO2/c1-10-4-9-14(17-10)11(2)15-12-5-7-13(16-3)8-6-12/h4,9,11-13,15H,5-8H2,1-3H3. The Bertz CT molecular complexity index is 340. The lowest BCUT2D eigenvalue weighted by molar-refractivity contribution is 0.0610. The molecule has 1 N–H and O–H groups in total. The van der Waals surface area contributed by atoms with E-state index < -0.39 is 0 Å². The molecule has 0 spiro atoms. The number of rotatable bonds is 4. The quantitative estimate of drug-likeness (QED) is 0.873. The van der Waals surface area contributed by atoms with E-state index >= 15 is 0 Å². The maximum absolute atomic E-state index is 5.64. The first-order valence-corrected chi connectivity index (χ1v) is 6.54. The molecule has 96 valence electrons. The van der Waals surface area contributed by atoms with E-state index in [4.69, 9.17) is 9.15 Å². The van der Waals surface area contributed by atoms with Crippen molar-refractivity contribution in [3.8, 4) is 0 Å². The second kappa shape index (κ2) is 5.69. The summed E-state index contributed by atoms with van der Waals surface area (Å²) < 4.78 is 11.0. The van der Waals surface area contributed by atoms with E-state index in [2.05, 4.69) is 18.3 Å². The fourth-order valence-corrected chi connectivity index (χ4v) is 2.59. The Kier molecular flexibility index (Phi) is 4.24. The minimum absolute atomic E-state index is 0.299. The lowest BCUT2D eigenvalue weighted by atomic mass is 9.92. The zero-order valence-corrected chi connectivity index (χ0v) is 11.0. The van der Waals surface area contributed by atoms with Gasteiger partial charge < -0.3 is 14.5 Å². The van der Waals surface area contributed by atoms with Gasteiger partial charge in [0.25, 0.3) is 0 Å². The zero-order valence-electron chi connectivity index (χ0n) is 11.0. The van der Waals surface area contributed by atoms with Gasteiger partial charge in [0.2, 0.25) is 0 Å². The lowest BCUT2D eigenvalue weighted by Gasteiger charge is -2.30. The number of nitrogens with one attached hydrogen (secondary N) is 1. The Morgan fingerprint density at radius 3 is 2.53 bits per heavy atom. The van der Waals surface area contributed by atoms with Crippen molar-refractivity contribution in [1.82, 2.24) is 5.32 Å². The van der Waals surface area contributed by atoms with Crippen LogP contribution in [0.25, 0.3) is 0 Å². The highest BCUT2D eigenvalue weighted by Gasteiger charge is 2.22. The van der Waals surface area contributed by atoms with Gasteiger partial charge in [0.15, 0.2) is 0 Å². The molecule has 3 heteroatoms. The van der Waals surface area contributed by atoms with Crippen LogP contribution in [0.4, 0.5) is 0 Å². The SMILES string of the molecule is COC1CCC(NC(C)c2ccc(C)o2)CC1. The van der Waals surface area contributed by atoms with Crippen LogP contribution >= 0.6 is 0 Å². The molecule has 1 aromatic rings. The molecule has 1 atom stereocenters. The van der Waals surface area contributed by atoms with Gasteiger partial charge in [-0.1, -0.05) is 0 Å². The van der Waals surface area contributed by atoms with Gasteiger partial charge in [-0.3, -0.25) is 0 Å². The van der Waals surface area contributed by atoms with Crippen LogP contribution in [0, 0.1) is 6.92 Å². The van der Waals surface area contributed by atoms with Crippen LogP contribution in [0.1, 0.15) is 50.2 Å². The van der Waals surface area contributed by atoms with E-state index in [9.17, 15) is 0 Å². The Morgan fingerprint density at radius 1 is 1.29 bits per heavy atom. The van der Waals surface area contributed by atoms with E-state index in [1.807, 2.05) is 20.1 Å². The highest BCUT2D eigenvalue weighted by atomic mass is 16.5. The third kappa shape index (κ3) is 3.33. The van der Waals surface area contributed by atoms with Gasteiger partial charge in [0.1, 0.15) is 11.5 Å². The maximum atomic E-state index is 5.64. The first-order chi connectivity index (χ1) is 8.19. The highest BCUT2D eigenvalue weighted by Crippen LogP contribution is 2.24. The van der Waals surface area contributed by atoms with Crippen molar-refractivity contribution in [3.05, 3.63) is 23.7 Å². The molecule has 0 aromatic carbocycles. The van der Waals surface area contributed by atoms with Gasteiger partial charge in [-0.15, -0.1) is 0 Å². The summed E-state index contributed by atoms with van der Waals surface area (Å²) in [6.45, 7) is 4.15. The molecule has 0 amide bonds. The number of hydrogen-bond acceptors (Lipinski definition) is 3. The van der Waals surface area contributed by atoms with E-state index in [0.717, 1.165) is 24.4 Å². The fraction of sp³-hybridized carbons (Fsp3) is 0.714. The smallest absolute Gasteiger partial charge is 0.120 e. The summed E-state index contributed by atoms with van der Waals surface area (Å²) >= 11 is 0. The topological polar surface area (TPSA) is 34.4 Å². The van der Waals surface area contributed by atoms with Crippen molar-refractivity contribution in [2.45, 2.75) is 57.7 Å². The van der Waals surface area contributed by atoms with Crippen LogP contribution in [-0.2, 0) is 4.74 Å². The molecule has 1 aliphatic carbocycles. The molecule has 3 nitrogen and oxygen atoms in total. The van der Waals surface area contributed by atoms with Crippen molar-refractivity contribution in [3.63, 3.8) is 0 Å². The van der Waals surface area contributed by atoms with Gasteiger partial charge in [0, 0.05) is 13.2 Å². The average molecular weight is 237 g/mol. The summed E-state index contributed by atoms with van der Waals surface area (Å²) in [6, 6.07) is 4.98. The van der Waals surface area contributed by atoms with E-state index in [0.29, 0.717) is 18.2 Å². The summed E-state index contributed by atoms with van der Waals surface area (Å²) in [5.74, 6) is 2.02. The second-order valence-corrected chi connectivity index (χ2v) is 5.05. The molecule has 0 bridgehead atoms. The average Bonchev–Trinajstić information content (AvgIpc) is 2.77. The van der Waals surface area contributed by atoms with Crippen molar-refractivity contribution in [1.29, 1.82) is 0 Å². The maximum Gasteiger partial charge on any atom is 0.120 e. The lowest BCUT2D eigenvalue weighted by Crippen LogP contribution is -2.36. The minimum Gasteiger partial charge on any atom is -0.465 e. The number of hydrogen-bond donors (Lipinski definition) is 1. The molecule has 1 saturated carbocycles. The largest absolute Gasteiger partial charge is 0.465 e. The van der Waals surface area contributed by atoms with Gasteiger partial charge in [-0.2, -0.15) is 0 Å². The number of aryl methyl sites for hydroxylation is 1. The van der Waals surface area contributed by atoms with E-state index in [1.54, 1.807) is 0 Å². The molecule has 1 unspecified atom stereocenters. The normalized spacial score (nSPS) is 27.0. The van der Waals surface area contributed by atoms with Gasteiger partial charge in [0.05, 0.1) is 12.1 Å². The predicted octanol–water partition coefficient (Wildman–Crippen LogP) is 3.20. The molecule has 2 rings (SSSR count). The minimum atomic E-state index is 0.299. The molecule has 17 heavy (non-hydrogen) atoms. The van der Waals surface area contributed by atoms with Gasteiger partial charge in [-0.25, -0.2) is 0 Å². The van der Waals surface area contributed by atoms with Crippen LogP contribution in [0.3, 0.4) is 0 Å². The molecular formula is C14H23NO2. The summed E-state index contributed by atoms with van der Waals surface area (Å²) in [5.41, 5.74) is 0. The Morgan fingerprint density at radius 2 is 2.00 bits per heavy atom. The van der Waals surface area contributed by atoms with Gasteiger partial charge in [-0.05, 0) is 51.7 Å². The van der Waals surface area contributed by atoms with Crippen LogP contribution in [0.5, 0.6) is 0 Å². The van der Waals surface area contributed by atoms with Crippen molar-refractivity contribution < 1.29 is 9.15 Å². The fourth-order valence-electron chi connectivity index (χ4n) is 2.59. The molecule has 0 saturated heterocycles. The Labute approximate surface area is 104 Å². The molecule has 0 aliphatic heterocycles. The van der Waals surface area contributed by atoms with Crippen molar-refractivity contribution >= 4 is 0 Å². The predicted molar refractivity (Wildman–Crippen MR) is 68.0 cm³/mol. The third-order valence-electron chi connectivity index (χ3n) is 3.68. The monoisotopic (exact) mass is 237 g/mol. The highest BCUT2D eigenvalue weighted by molar-refractivity contribution is 5.09. The van der Waals surface area contributed by atoms with Crippen LogP contribution < -0.4 is 5.32 Å². The number of methoxy groups -OCH3 is 1.